The summed E-state index contributed by atoms with van der Waals surface area (Å²) in [6, 6.07) is 9.80. The fourth-order valence-electron chi connectivity index (χ4n) is 4.23. The Morgan fingerprint density at radius 1 is 1.28 bits per heavy atom. The number of nitrogens with zero attached hydrogens (tertiary/aromatic N) is 6. The number of likely N-dealkylation sites (tertiary alicyclic amines) is 1. The molecule has 1 unspecified atom stereocenters. The Morgan fingerprint density at radius 3 is 2.97 bits per heavy atom. The number of pyridine rings is 1. The van der Waals surface area contributed by atoms with Crippen molar-refractivity contribution < 1.29 is 4.79 Å². The first kappa shape index (κ1) is 20.7. The topological polar surface area (TPSA) is 80.4 Å². The van der Waals surface area contributed by atoms with Gasteiger partial charge in [0.15, 0.2) is 5.65 Å². The molecule has 0 saturated carbocycles. The number of carbonyl (C=O) groups is 1. The fraction of sp³-hybridized carbons (Fsp3) is 0.304. The van der Waals surface area contributed by atoms with Gasteiger partial charge in [-0.2, -0.15) is 9.61 Å². The van der Waals surface area contributed by atoms with Gasteiger partial charge in [-0.05, 0) is 52.5 Å². The maximum absolute atomic E-state index is 13.1. The highest BCUT2D eigenvalue weighted by molar-refractivity contribution is 9.10. The summed E-state index contributed by atoms with van der Waals surface area (Å²) in [4.78, 5) is 24.1. The molecule has 8 nitrogen and oxygen atoms in total. The molecule has 0 bridgehead atoms. The van der Waals surface area contributed by atoms with Gasteiger partial charge in [0.25, 0.3) is 5.91 Å². The molecule has 0 aliphatic carbocycles. The second-order valence-electron chi connectivity index (χ2n) is 8.10. The van der Waals surface area contributed by atoms with Gasteiger partial charge in [-0.1, -0.05) is 6.07 Å². The van der Waals surface area contributed by atoms with Crippen LogP contribution in [0.5, 0.6) is 0 Å². The number of fused-ring (bicyclic) bond motifs is 1. The zero-order valence-electron chi connectivity index (χ0n) is 17.8. The summed E-state index contributed by atoms with van der Waals surface area (Å²) in [5, 5.41) is 7.94. The van der Waals surface area contributed by atoms with E-state index < -0.39 is 0 Å². The minimum Gasteiger partial charge on any atom is -0.366 e. The van der Waals surface area contributed by atoms with Gasteiger partial charge in [0.1, 0.15) is 11.5 Å². The molecule has 5 rings (SSSR count). The number of halogens is 1. The average Bonchev–Trinajstić information content (AvgIpc) is 3.43. The summed E-state index contributed by atoms with van der Waals surface area (Å²) in [7, 11) is 1.90. The van der Waals surface area contributed by atoms with E-state index in [0.717, 1.165) is 46.6 Å². The van der Waals surface area contributed by atoms with Gasteiger partial charge in [-0.25, -0.2) is 4.98 Å². The highest BCUT2D eigenvalue weighted by atomic mass is 79.9. The van der Waals surface area contributed by atoms with Crippen LogP contribution in [0.4, 0.5) is 5.82 Å². The maximum Gasteiger partial charge on any atom is 0.270 e. The fourth-order valence-corrected chi connectivity index (χ4v) is 4.58. The van der Waals surface area contributed by atoms with Crippen LogP contribution < -0.4 is 5.32 Å². The van der Waals surface area contributed by atoms with E-state index in [1.54, 1.807) is 16.9 Å². The predicted octanol–water partition coefficient (Wildman–Crippen LogP) is 3.86. The number of aromatic nitrogens is 5. The Morgan fingerprint density at radius 2 is 2.19 bits per heavy atom. The quantitative estimate of drug-likeness (QED) is 0.456. The molecule has 1 aliphatic heterocycles. The number of piperidine rings is 1. The lowest BCUT2D eigenvalue weighted by atomic mass is 9.94. The van der Waals surface area contributed by atoms with Gasteiger partial charge in [0.2, 0.25) is 0 Å². The summed E-state index contributed by atoms with van der Waals surface area (Å²) in [6.07, 6.45) is 9.22. The molecule has 1 saturated heterocycles. The van der Waals surface area contributed by atoms with Crippen molar-refractivity contribution in [3.8, 4) is 0 Å². The Labute approximate surface area is 194 Å². The van der Waals surface area contributed by atoms with Crippen LogP contribution in [0.1, 0.15) is 40.5 Å². The van der Waals surface area contributed by atoms with Crippen molar-refractivity contribution in [2.75, 3.05) is 18.4 Å². The number of nitrogens with one attached hydrogen (secondary N) is 1. The first-order valence-corrected chi connectivity index (χ1v) is 11.5. The van der Waals surface area contributed by atoms with E-state index >= 15 is 0 Å². The van der Waals surface area contributed by atoms with Crippen molar-refractivity contribution >= 4 is 33.3 Å². The molecule has 0 spiro atoms. The third-order valence-electron chi connectivity index (χ3n) is 5.93. The normalized spacial score (nSPS) is 16.4. The zero-order chi connectivity index (χ0) is 22.1. The number of hydrogen-bond acceptors (Lipinski definition) is 5. The minimum atomic E-state index is 0.0729. The molecule has 1 amide bonds. The monoisotopic (exact) mass is 493 g/mol. The van der Waals surface area contributed by atoms with Gasteiger partial charge < -0.3 is 14.8 Å². The molecule has 1 N–H and O–H groups in total. The molecular formula is C23H24BrN7O. The first-order valence-electron chi connectivity index (χ1n) is 10.7. The number of hydrogen-bond donors (Lipinski definition) is 1. The largest absolute Gasteiger partial charge is 0.366 e. The molecule has 9 heteroatoms. The van der Waals surface area contributed by atoms with E-state index in [4.69, 9.17) is 4.98 Å². The number of rotatable bonds is 5. The number of amides is 1. The minimum absolute atomic E-state index is 0.0729. The van der Waals surface area contributed by atoms with E-state index in [-0.39, 0.29) is 11.8 Å². The van der Waals surface area contributed by atoms with Crippen molar-refractivity contribution in [2.24, 2.45) is 7.05 Å². The molecule has 1 fully saturated rings. The predicted molar refractivity (Wildman–Crippen MR) is 126 cm³/mol. The van der Waals surface area contributed by atoms with E-state index in [2.05, 4.69) is 37.4 Å². The molecule has 1 atom stereocenters. The summed E-state index contributed by atoms with van der Waals surface area (Å²) in [6.45, 7) is 2.05. The standard InChI is InChI=1S/C23H24BrN7O/c1-29-9-4-7-20(29)23(32)30-10-3-6-17(15-30)19-11-21(26-13-16-5-2-8-25-12-16)31-22(28-19)18(24)14-27-31/h2,4-5,7-9,11-12,14,17,26H,3,6,10,13,15H2,1H3. The third-order valence-corrected chi connectivity index (χ3v) is 6.49. The van der Waals surface area contributed by atoms with E-state index in [1.165, 1.54) is 0 Å². The van der Waals surface area contributed by atoms with Crippen LogP contribution in [0, 0.1) is 0 Å². The van der Waals surface area contributed by atoms with Crippen LogP contribution in [-0.4, -0.2) is 48.0 Å². The molecule has 32 heavy (non-hydrogen) atoms. The average molecular weight is 494 g/mol. The summed E-state index contributed by atoms with van der Waals surface area (Å²) < 4.78 is 4.52. The summed E-state index contributed by atoms with van der Waals surface area (Å²) >= 11 is 3.57. The Hall–Kier alpha value is -3.20. The molecule has 4 aromatic rings. The first-order chi connectivity index (χ1) is 15.6. The van der Waals surface area contributed by atoms with Crippen LogP contribution in [0.25, 0.3) is 5.65 Å². The van der Waals surface area contributed by atoms with Crippen molar-refractivity contribution in [1.29, 1.82) is 0 Å². The van der Waals surface area contributed by atoms with E-state index in [9.17, 15) is 4.79 Å². The van der Waals surface area contributed by atoms with E-state index in [0.29, 0.717) is 18.8 Å². The van der Waals surface area contributed by atoms with Crippen molar-refractivity contribution in [1.82, 2.24) is 29.0 Å². The second kappa shape index (κ2) is 8.74. The second-order valence-corrected chi connectivity index (χ2v) is 8.96. The van der Waals surface area contributed by atoms with Gasteiger partial charge >= 0.3 is 0 Å². The molecule has 4 aromatic heterocycles. The van der Waals surface area contributed by atoms with Crippen LogP contribution in [-0.2, 0) is 13.6 Å². The molecule has 1 aliphatic rings. The summed E-state index contributed by atoms with van der Waals surface area (Å²) in [5.41, 5.74) is 3.53. The molecular weight excluding hydrogens is 470 g/mol. The van der Waals surface area contributed by atoms with E-state index in [1.807, 2.05) is 53.2 Å². The Kier molecular flexibility index (Phi) is 5.65. The third kappa shape index (κ3) is 4.00. The van der Waals surface area contributed by atoms with Gasteiger partial charge in [-0.3, -0.25) is 9.78 Å². The number of carbonyl (C=O) groups excluding carboxylic acids is 1. The molecule has 164 valence electrons. The van der Waals surface area contributed by atoms with Crippen molar-refractivity contribution in [2.45, 2.75) is 25.3 Å². The smallest absolute Gasteiger partial charge is 0.270 e. The van der Waals surface area contributed by atoms with Gasteiger partial charge in [0.05, 0.1) is 16.4 Å². The van der Waals surface area contributed by atoms with Crippen LogP contribution in [0.15, 0.2) is 59.6 Å². The Bertz CT molecular complexity index is 1250. The van der Waals surface area contributed by atoms with Crippen molar-refractivity contribution in [3.63, 3.8) is 0 Å². The molecule has 5 heterocycles. The van der Waals surface area contributed by atoms with Crippen molar-refractivity contribution in [3.05, 3.63) is 76.5 Å². The van der Waals surface area contributed by atoms with Crippen LogP contribution >= 0.6 is 15.9 Å². The SMILES string of the molecule is Cn1cccc1C(=O)N1CCCC(c2cc(NCc3cccnc3)n3ncc(Br)c3n2)C1. The molecule has 0 radical (unpaired) electrons. The highest BCUT2D eigenvalue weighted by Gasteiger charge is 2.28. The zero-order valence-corrected chi connectivity index (χ0v) is 19.4. The van der Waals surface area contributed by atoms with Gasteiger partial charge in [0, 0.05) is 57.3 Å². The maximum atomic E-state index is 13.1. The highest BCUT2D eigenvalue weighted by Crippen LogP contribution is 2.30. The lowest BCUT2D eigenvalue weighted by molar-refractivity contribution is 0.0696. The summed E-state index contributed by atoms with van der Waals surface area (Å²) in [5.74, 6) is 1.10. The number of aryl methyl sites for hydroxylation is 1. The van der Waals surface area contributed by atoms with Crippen LogP contribution in [0.3, 0.4) is 0 Å². The Balaban J connectivity index is 1.42. The van der Waals surface area contributed by atoms with Gasteiger partial charge in [-0.15, -0.1) is 0 Å². The number of anilines is 1. The van der Waals surface area contributed by atoms with Crippen LogP contribution in [0.2, 0.25) is 0 Å². The lowest BCUT2D eigenvalue weighted by Gasteiger charge is -2.32. The molecule has 0 aromatic carbocycles. The lowest BCUT2D eigenvalue weighted by Crippen LogP contribution is -2.40.